The summed E-state index contributed by atoms with van der Waals surface area (Å²) in [4.78, 5) is 30.0. The second-order valence-electron chi connectivity index (χ2n) is 7.70. The molecule has 1 aliphatic rings. The summed E-state index contributed by atoms with van der Waals surface area (Å²) < 4.78 is 0. The molecule has 0 unspecified atom stereocenters. The molecule has 3 aromatic carbocycles. The van der Waals surface area contributed by atoms with E-state index in [-0.39, 0.29) is 11.3 Å². The van der Waals surface area contributed by atoms with Crippen molar-refractivity contribution in [2.24, 2.45) is 0 Å². The number of anilines is 3. The van der Waals surface area contributed by atoms with Crippen LogP contribution in [0.2, 0.25) is 10.0 Å². The minimum Gasteiger partial charge on any atom is -0.378 e. The maximum Gasteiger partial charge on any atom is 0.282 e. The van der Waals surface area contributed by atoms with E-state index in [4.69, 9.17) is 23.2 Å². The fraction of sp³-hybridized carbons (Fsp3) is 0.120. The summed E-state index contributed by atoms with van der Waals surface area (Å²) in [5.74, 6) is -0.874. The standard InChI is InChI=1S/C25H21Cl2N3O2/c1-15-4-11-20(14-21(15)27)30-24(31)22(16-5-7-17(26)8-6-16)23(25(30)32)28-18-9-12-19(13-10-18)29(2)3/h4-14,28H,1-3H3. The number of rotatable bonds is 5. The monoisotopic (exact) mass is 465 g/mol. The fourth-order valence-electron chi connectivity index (χ4n) is 3.47. The van der Waals surface area contributed by atoms with Crippen LogP contribution >= 0.6 is 23.2 Å². The number of hydrogen-bond acceptors (Lipinski definition) is 4. The quantitative estimate of drug-likeness (QED) is 0.486. The van der Waals surface area contributed by atoms with Crippen LogP contribution in [0.15, 0.2) is 72.4 Å². The molecule has 3 aromatic rings. The van der Waals surface area contributed by atoms with Gasteiger partial charge in [-0.15, -0.1) is 0 Å². The molecule has 0 saturated heterocycles. The van der Waals surface area contributed by atoms with E-state index in [0.29, 0.717) is 27.0 Å². The molecule has 0 radical (unpaired) electrons. The Hall–Kier alpha value is -3.28. The third-order valence-electron chi connectivity index (χ3n) is 5.28. The lowest BCUT2D eigenvalue weighted by Crippen LogP contribution is -2.32. The summed E-state index contributed by atoms with van der Waals surface area (Å²) in [6, 6.07) is 19.6. The van der Waals surface area contributed by atoms with Crippen molar-refractivity contribution in [3.05, 3.63) is 93.6 Å². The molecule has 7 heteroatoms. The van der Waals surface area contributed by atoms with E-state index in [1.165, 1.54) is 0 Å². The second-order valence-corrected chi connectivity index (χ2v) is 8.55. The van der Waals surface area contributed by atoms with E-state index >= 15 is 0 Å². The Bertz CT molecular complexity index is 1230. The number of carbonyl (C=O) groups excluding carboxylic acids is 2. The Labute approximate surface area is 196 Å². The summed E-state index contributed by atoms with van der Waals surface area (Å²) in [7, 11) is 3.90. The Balaban J connectivity index is 1.78. The first kappa shape index (κ1) is 21.9. The van der Waals surface area contributed by atoms with Crippen LogP contribution in [0, 0.1) is 6.92 Å². The maximum absolute atomic E-state index is 13.5. The maximum atomic E-state index is 13.5. The average molecular weight is 466 g/mol. The van der Waals surface area contributed by atoms with Gasteiger partial charge in [-0.1, -0.05) is 41.4 Å². The molecule has 0 aromatic heterocycles. The largest absolute Gasteiger partial charge is 0.378 e. The molecule has 0 atom stereocenters. The predicted octanol–water partition coefficient (Wildman–Crippen LogP) is 5.76. The van der Waals surface area contributed by atoms with Gasteiger partial charge in [0.05, 0.1) is 11.3 Å². The highest BCUT2D eigenvalue weighted by molar-refractivity contribution is 6.46. The van der Waals surface area contributed by atoms with Crippen molar-refractivity contribution in [3.63, 3.8) is 0 Å². The van der Waals surface area contributed by atoms with Gasteiger partial charge in [0.25, 0.3) is 11.8 Å². The number of nitrogens with zero attached hydrogens (tertiary/aromatic N) is 2. The van der Waals surface area contributed by atoms with Gasteiger partial charge in [-0.05, 0) is 66.6 Å². The van der Waals surface area contributed by atoms with Crippen LogP contribution in [0.1, 0.15) is 11.1 Å². The first-order chi connectivity index (χ1) is 15.3. The Kier molecular flexibility index (Phi) is 5.96. The van der Waals surface area contributed by atoms with E-state index in [2.05, 4.69) is 5.32 Å². The minimum absolute atomic E-state index is 0.201. The molecule has 4 rings (SSSR count). The van der Waals surface area contributed by atoms with E-state index in [0.717, 1.165) is 16.2 Å². The average Bonchev–Trinajstić information content (AvgIpc) is 3.01. The number of halogens is 2. The highest BCUT2D eigenvalue weighted by Crippen LogP contribution is 2.35. The first-order valence-corrected chi connectivity index (χ1v) is 10.7. The van der Waals surface area contributed by atoms with Crippen LogP contribution in [0.25, 0.3) is 5.57 Å². The van der Waals surface area contributed by atoms with Crippen LogP contribution < -0.4 is 15.1 Å². The lowest BCUT2D eigenvalue weighted by molar-refractivity contribution is -0.120. The Morgan fingerprint density at radius 1 is 0.844 bits per heavy atom. The van der Waals surface area contributed by atoms with Crippen molar-refractivity contribution in [2.75, 3.05) is 29.2 Å². The summed E-state index contributed by atoms with van der Waals surface area (Å²) in [5, 5.41) is 4.19. The molecule has 0 saturated carbocycles. The molecule has 0 bridgehead atoms. The van der Waals surface area contributed by atoms with Crippen LogP contribution in [-0.4, -0.2) is 25.9 Å². The molecule has 0 aliphatic carbocycles. The summed E-state index contributed by atoms with van der Waals surface area (Å²) in [5.41, 5.74) is 4.07. The van der Waals surface area contributed by atoms with Gasteiger partial charge < -0.3 is 10.2 Å². The summed E-state index contributed by atoms with van der Waals surface area (Å²) in [6.07, 6.45) is 0. The predicted molar refractivity (Wildman–Crippen MR) is 131 cm³/mol. The zero-order chi connectivity index (χ0) is 23.0. The van der Waals surface area contributed by atoms with Crippen molar-refractivity contribution in [1.29, 1.82) is 0 Å². The Morgan fingerprint density at radius 3 is 2.09 bits per heavy atom. The zero-order valence-electron chi connectivity index (χ0n) is 17.8. The van der Waals surface area contributed by atoms with Crippen LogP contribution in [0.5, 0.6) is 0 Å². The van der Waals surface area contributed by atoms with Gasteiger partial charge in [-0.25, -0.2) is 4.90 Å². The zero-order valence-corrected chi connectivity index (χ0v) is 19.3. The fourth-order valence-corrected chi connectivity index (χ4v) is 3.77. The molecule has 5 nitrogen and oxygen atoms in total. The van der Waals surface area contributed by atoms with Crippen LogP contribution in [0.3, 0.4) is 0 Å². The highest BCUT2D eigenvalue weighted by Gasteiger charge is 2.40. The van der Waals surface area contributed by atoms with Crippen molar-refractivity contribution in [3.8, 4) is 0 Å². The third-order valence-corrected chi connectivity index (χ3v) is 5.94. The van der Waals surface area contributed by atoms with Crippen molar-refractivity contribution in [1.82, 2.24) is 0 Å². The lowest BCUT2D eigenvalue weighted by Gasteiger charge is -2.16. The van der Waals surface area contributed by atoms with Crippen LogP contribution in [-0.2, 0) is 9.59 Å². The van der Waals surface area contributed by atoms with Gasteiger partial charge in [0.1, 0.15) is 5.70 Å². The topological polar surface area (TPSA) is 52.7 Å². The number of carbonyl (C=O) groups is 2. The normalized spacial score (nSPS) is 13.7. The number of nitrogens with one attached hydrogen (secondary N) is 1. The molecule has 1 heterocycles. The summed E-state index contributed by atoms with van der Waals surface area (Å²) >= 11 is 12.3. The highest BCUT2D eigenvalue weighted by atomic mass is 35.5. The van der Waals surface area contributed by atoms with Crippen LogP contribution in [0.4, 0.5) is 17.1 Å². The molecule has 2 amide bonds. The van der Waals surface area contributed by atoms with E-state index in [9.17, 15) is 9.59 Å². The van der Waals surface area contributed by atoms with E-state index < -0.39 is 11.8 Å². The number of aryl methyl sites for hydroxylation is 1. The summed E-state index contributed by atoms with van der Waals surface area (Å²) in [6.45, 7) is 1.86. The third kappa shape index (κ3) is 4.09. The molecule has 1 N–H and O–H groups in total. The van der Waals surface area contributed by atoms with Gasteiger partial charge in [-0.3, -0.25) is 9.59 Å². The Morgan fingerprint density at radius 2 is 1.50 bits per heavy atom. The van der Waals surface area contributed by atoms with E-state index in [1.807, 2.05) is 50.2 Å². The second kappa shape index (κ2) is 8.69. The van der Waals surface area contributed by atoms with Gasteiger partial charge in [0, 0.05) is 35.5 Å². The van der Waals surface area contributed by atoms with E-state index in [1.54, 1.807) is 42.5 Å². The number of imide groups is 1. The molecule has 162 valence electrons. The van der Waals surface area contributed by atoms with Gasteiger partial charge in [0.2, 0.25) is 0 Å². The molecule has 32 heavy (non-hydrogen) atoms. The minimum atomic E-state index is -0.448. The number of hydrogen-bond donors (Lipinski definition) is 1. The van der Waals surface area contributed by atoms with Gasteiger partial charge in [0.15, 0.2) is 0 Å². The molecule has 1 aliphatic heterocycles. The number of amides is 2. The molecular formula is C25H21Cl2N3O2. The smallest absolute Gasteiger partial charge is 0.282 e. The van der Waals surface area contributed by atoms with Crippen molar-refractivity contribution >= 4 is 57.7 Å². The SMILES string of the molecule is Cc1ccc(N2C(=O)C(Nc3ccc(N(C)C)cc3)=C(c3ccc(Cl)cc3)C2=O)cc1Cl. The molecule has 0 fully saturated rings. The first-order valence-electron chi connectivity index (χ1n) is 9.96. The number of benzene rings is 3. The van der Waals surface area contributed by atoms with Crippen molar-refractivity contribution < 1.29 is 9.59 Å². The lowest BCUT2D eigenvalue weighted by atomic mass is 10.0. The van der Waals surface area contributed by atoms with Gasteiger partial charge >= 0.3 is 0 Å². The van der Waals surface area contributed by atoms with Crippen molar-refractivity contribution in [2.45, 2.75) is 6.92 Å². The molecular weight excluding hydrogens is 445 g/mol. The van der Waals surface area contributed by atoms with Gasteiger partial charge in [-0.2, -0.15) is 0 Å². The molecule has 0 spiro atoms.